The van der Waals surface area contributed by atoms with E-state index in [-0.39, 0.29) is 1.43 Å². The third-order valence-corrected chi connectivity index (χ3v) is 6.86. The molecule has 8 nitrogen and oxygen atoms in total. The van der Waals surface area contributed by atoms with E-state index in [1.165, 1.54) is 12.8 Å². The molecule has 1 N–H and O–H groups in total. The lowest BCUT2D eigenvalue weighted by Gasteiger charge is -2.28. The van der Waals surface area contributed by atoms with Crippen molar-refractivity contribution < 1.29 is 6.16 Å². The Morgan fingerprint density at radius 3 is 2.60 bits per heavy atom. The summed E-state index contributed by atoms with van der Waals surface area (Å²) >= 11 is 0. The molecule has 1 saturated carbocycles. The first-order valence-electron chi connectivity index (χ1n) is 12.2. The molecule has 35 heavy (non-hydrogen) atoms. The number of nitrogens with one attached hydrogen (secondary N) is 1. The number of benzene rings is 1. The quantitative estimate of drug-likeness (QED) is 0.452. The maximum atomic E-state index is 9.26. The third kappa shape index (κ3) is 4.19. The van der Waals surface area contributed by atoms with Crippen LogP contribution < -0.4 is 10.2 Å². The van der Waals surface area contributed by atoms with E-state index < -0.39 is 0 Å². The zero-order valence-electron chi connectivity index (χ0n) is 19.5. The highest BCUT2D eigenvalue weighted by Gasteiger charge is 2.23. The Bertz CT molecular complexity index is 1380. The van der Waals surface area contributed by atoms with Crippen LogP contribution in [0.25, 0.3) is 28.3 Å². The molecule has 2 aliphatic rings. The number of ether oxygens (including phenoxy) is 1. The molecule has 4 heterocycles. The lowest BCUT2D eigenvalue weighted by molar-refractivity contribution is 0.123. The maximum absolute atomic E-state index is 9.26. The fourth-order valence-electron chi connectivity index (χ4n) is 5.07. The van der Waals surface area contributed by atoms with Crippen LogP contribution in [0.2, 0.25) is 0 Å². The predicted octanol–water partition coefficient (Wildman–Crippen LogP) is 4.77. The second-order valence-corrected chi connectivity index (χ2v) is 9.08. The largest absolute Gasteiger partial charge is 0.378 e. The highest BCUT2D eigenvalue weighted by atomic mass is 16.5. The number of nitrogens with zero attached hydrogens (tertiary/aromatic N) is 6. The number of hydrogen-bond donors (Lipinski definition) is 1. The molecule has 0 atom stereocenters. The minimum Gasteiger partial charge on any atom is -0.378 e. The molecule has 4 aromatic rings. The Balaban J connectivity index is 0.00000267. The summed E-state index contributed by atoms with van der Waals surface area (Å²) in [6.07, 6.45) is 8.66. The highest BCUT2D eigenvalue weighted by molar-refractivity contribution is 5.85. The van der Waals surface area contributed by atoms with Crippen LogP contribution in [0.1, 0.15) is 32.7 Å². The van der Waals surface area contributed by atoms with Crippen molar-refractivity contribution in [2.45, 2.75) is 31.7 Å². The van der Waals surface area contributed by atoms with Gasteiger partial charge in [0.1, 0.15) is 0 Å². The number of pyridine rings is 1. The van der Waals surface area contributed by atoms with E-state index in [2.05, 4.69) is 37.8 Å². The topological polar surface area (TPSA) is 91.4 Å². The molecule has 0 spiro atoms. The van der Waals surface area contributed by atoms with Crippen LogP contribution in [0.4, 0.5) is 11.6 Å². The molecule has 0 radical (unpaired) electrons. The molecule has 1 aliphatic carbocycles. The summed E-state index contributed by atoms with van der Waals surface area (Å²) < 4.78 is 7.70. The molecule has 1 aliphatic heterocycles. The van der Waals surface area contributed by atoms with E-state index >= 15 is 0 Å². The van der Waals surface area contributed by atoms with Gasteiger partial charge in [-0.25, -0.2) is 15.0 Å². The normalized spacial score (nSPS) is 16.5. The summed E-state index contributed by atoms with van der Waals surface area (Å²) in [6, 6.07) is 16.3. The lowest BCUT2D eigenvalue weighted by Crippen LogP contribution is -2.36. The average Bonchev–Trinajstić information content (AvgIpc) is 3.57. The Morgan fingerprint density at radius 2 is 1.83 bits per heavy atom. The molecule has 3 aromatic heterocycles. The molecule has 178 valence electrons. The maximum Gasteiger partial charge on any atom is 0.223 e. The van der Waals surface area contributed by atoms with Gasteiger partial charge in [-0.1, -0.05) is 25.0 Å². The number of rotatable bonds is 5. The van der Waals surface area contributed by atoms with Crippen molar-refractivity contribution in [1.29, 1.82) is 5.26 Å². The molecule has 2 fully saturated rings. The first-order valence-corrected chi connectivity index (χ1v) is 12.2. The average molecular weight is 468 g/mol. The first kappa shape index (κ1) is 21.6. The van der Waals surface area contributed by atoms with Gasteiger partial charge >= 0.3 is 0 Å². The number of imidazole rings is 1. The minimum atomic E-state index is 0. The summed E-state index contributed by atoms with van der Waals surface area (Å²) in [6.45, 7) is 3.08. The van der Waals surface area contributed by atoms with Gasteiger partial charge in [0, 0.05) is 38.5 Å². The van der Waals surface area contributed by atoms with Crippen molar-refractivity contribution in [3.8, 4) is 28.7 Å². The molecule has 1 aromatic carbocycles. The standard InChI is InChI=1S/C27H27N7O.H2/c28-18-19-7-9-20(10-8-19)24-25(22-11-12-29-27(31-22)30-21-4-1-2-5-21)34-13-3-6-23(26(34)32-24)33-14-16-35-17-15-33;/h3,6-13,21H,1-2,4-5,14-17H2,(H,29,30,31);1H. The smallest absolute Gasteiger partial charge is 0.223 e. The fraction of sp³-hybridized carbons (Fsp3) is 0.333. The molecular weight excluding hydrogens is 438 g/mol. The van der Waals surface area contributed by atoms with Crippen molar-refractivity contribution in [1.82, 2.24) is 19.4 Å². The molecule has 0 unspecified atom stereocenters. The monoisotopic (exact) mass is 467 g/mol. The third-order valence-electron chi connectivity index (χ3n) is 6.86. The van der Waals surface area contributed by atoms with Gasteiger partial charge in [-0.2, -0.15) is 5.26 Å². The summed E-state index contributed by atoms with van der Waals surface area (Å²) in [4.78, 5) is 16.9. The van der Waals surface area contributed by atoms with E-state index in [0.29, 0.717) is 30.8 Å². The Kier molecular flexibility index (Phi) is 5.76. The SMILES string of the molecule is N#Cc1ccc(-c2nc3c(N4CCOCC4)cccn3c2-c2ccnc(NC3CCCC3)n2)cc1.[HH]. The molecule has 8 heteroatoms. The van der Waals surface area contributed by atoms with E-state index in [0.717, 1.165) is 59.9 Å². The first-order chi connectivity index (χ1) is 17.3. The summed E-state index contributed by atoms with van der Waals surface area (Å²) in [5, 5.41) is 12.8. The van der Waals surface area contributed by atoms with Crippen molar-refractivity contribution in [3.05, 3.63) is 60.4 Å². The van der Waals surface area contributed by atoms with Crippen LogP contribution in [0.3, 0.4) is 0 Å². The Hall–Kier alpha value is -3.96. The van der Waals surface area contributed by atoms with E-state index in [4.69, 9.17) is 14.7 Å². The number of morpholine rings is 1. The van der Waals surface area contributed by atoms with Crippen molar-refractivity contribution in [2.24, 2.45) is 0 Å². The number of anilines is 2. The van der Waals surface area contributed by atoms with Gasteiger partial charge < -0.3 is 15.0 Å². The van der Waals surface area contributed by atoms with Gasteiger partial charge in [0.05, 0.1) is 47.6 Å². The van der Waals surface area contributed by atoms with Gasteiger partial charge in [0.15, 0.2) is 5.65 Å². The van der Waals surface area contributed by atoms with Crippen LogP contribution in [0, 0.1) is 11.3 Å². The summed E-state index contributed by atoms with van der Waals surface area (Å²) in [5.74, 6) is 0.652. The van der Waals surface area contributed by atoms with E-state index in [1.54, 1.807) is 0 Å². The fourth-order valence-corrected chi connectivity index (χ4v) is 5.07. The van der Waals surface area contributed by atoms with Gasteiger partial charge in [-0.05, 0) is 43.2 Å². The Labute approximate surface area is 205 Å². The van der Waals surface area contributed by atoms with Crippen LogP contribution >= 0.6 is 0 Å². The van der Waals surface area contributed by atoms with Gasteiger partial charge in [0.25, 0.3) is 0 Å². The lowest BCUT2D eigenvalue weighted by atomic mass is 10.1. The van der Waals surface area contributed by atoms with Crippen LogP contribution in [-0.4, -0.2) is 51.7 Å². The molecule has 0 bridgehead atoms. The number of hydrogen-bond acceptors (Lipinski definition) is 7. The van der Waals surface area contributed by atoms with E-state index in [1.807, 2.05) is 42.7 Å². The summed E-state index contributed by atoms with van der Waals surface area (Å²) in [7, 11) is 0. The van der Waals surface area contributed by atoms with Gasteiger partial charge in [-0.3, -0.25) is 4.40 Å². The second-order valence-electron chi connectivity index (χ2n) is 9.08. The zero-order valence-corrected chi connectivity index (χ0v) is 19.5. The van der Waals surface area contributed by atoms with Gasteiger partial charge in [-0.15, -0.1) is 0 Å². The van der Waals surface area contributed by atoms with Crippen LogP contribution in [0.5, 0.6) is 0 Å². The number of fused-ring (bicyclic) bond motifs is 1. The van der Waals surface area contributed by atoms with Crippen molar-refractivity contribution >= 4 is 17.3 Å². The van der Waals surface area contributed by atoms with Gasteiger partial charge in [0.2, 0.25) is 5.95 Å². The zero-order chi connectivity index (χ0) is 23.6. The molecule has 0 amide bonds. The molecular formula is C27H29N7O. The number of nitriles is 1. The van der Waals surface area contributed by atoms with Crippen LogP contribution in [-0.2, 0) is 4.74 Å². The second kappa shape index (κ2) is 9.35. The predicted molar refractivity (Wildman–Crippen MR) is 137 cm³/mol. The summed E-state index contributed by atoms with van der Waals surface area (Å²) in [5.41, 5.74) is 6.09. The van der Waals surface area contributed by atoms with Crippen molar-refractivity contribution in [3.63, 3.8) is 0 Å². The van der Waals surface area contributed by atoms with Crippen LogP contribution in [0.15, 0.2) is 54.9 Å². The highest BCUT2D eigenvalue weighted by Crippen LogP contribution is 2.35. The Morgan fingerprint density at radius 1 is 1.03 bits per heavy atom. The molecule has 6 rings (SSSR count). The number of aromatic nitrogens is 4. The van der Waals surface area contributed by atoms with Crippen molar-refractivity contribution in [2.75, 3.05) is 36.5 Å². The van der Waals surface area contributed by atoms with E-state index in [9.17, 15) is 5.26 Å². The molecule has 1 saturated heterocycles. The minimum absolute atomic E-state index is 0.